The van der Waals surface area contributed by atoms with Crippen molar-refractivity contribution in [1.82, 2.24) is 4.98 Å². The summed E-state index contributed by atoms with van der Waals surface area (Å²) in [7, 11) is 0. The molecule has 0 aliphatic carbocycles. The monoisotopic (exact) mass is 267 g/mol. The van der Waals surface area contributed by atoms with Crippen LogP contribution in [0.1, 0.15) is 24.1 Å². The highest BCUT2D eigenvalue weighted by Gasteiger charge is 2.10. The van der Waals surface area contributed by atoms with Crippen LogP contribution in [-0.4, -0.2) is 4.98 Å². The molecule has 3 rings (SSSR count). The van der Waals surface area contributed by atoms with Crippen molar-refractivity contribution < 1.29 is 0 Å². The Labute approximate surface area is 117 Å². The van der Waals surface area contributed by atoms with Gasteiger partial charge in [-0.15, -0.1) is 0 Å². The van der Waals surface area contributed by atoms with E-state index in [2.05, 4.69) is 31.2 Å². The number of halogens is 1. The first-order valence-electron chi connectivity index (χ1n) is 6.35. The summed E-state index contributed by atoms with van der Waals surface area (Å²) in [4.78, 5) is 4.74. The van der Waals surface area contributed by atoms with E-state index >= 15 is 0 Å². The van der Waals surface area contributed by atoms with Crippen LogP contribution in [0.15, 0.2) is 60.7 Å². The number of hydrogen-bond donors (Lipinski definition) is 0. The topological polar surface area (TPSA) is 12.9 Å². The Morgan fingerprint density at radius 3 is 2.63 bits per heavy atom. The summed E-state index contributed by atoms with van der Waals surface area (Å²) in [6.45, 7) is 2.16. The molecule has 1 aromatic heterocycles. The average molecular weight is 268 g/mol. The summed E-state index contributed by atoms with van der Waals surface area (Å²) >= 11 is 6.05. The minimum atomic E-state index is 0.239. The van der Waals surface area contributed by atoms with Gasteiger partial charge in [0.25, 0.3) is 0 Å². The fourth-order valence-corrected chi connectivity index (χ4v) is 2.47. The molecule has 0 saturated carbocycles. The molecule has 0 spiro atoms. The molecular weight excluding hydrogens is 254 g/mol. The fourth-order valence-electron chi connectivity index (χ4n) is 2.27. The van der Waals surface area contributed by atoms with Gasteiger partial charge in [-0.05, 0) is 29.8 Å². The maximum Gasteiger partial charge on any atom is 0.0705 e. The smallest absolute Gasteiger partial charge is 0.0705 e. The molecule has 0 radical (unpaired) electrons. The van der Waals surface area contributed by atoms with Crippen LogP contribution >= 0.6 is 11.6 Å². The molecule has 2 heteroatoms. The van der Waals surface area contributed by atoms with Gasteiger partial charge in [-0.25, -0.2) is 0 Å². The molecule has 0 aliphatic heterocycles. The van der Waals surface area contributed by atoms with E-state index in [0.29, 0.717) is 0 Å². The van der Waals surface area contributed by atoms with Crippen molar-refractivity contribution in [3.8, 4) is 0 Å². The Morgan fingerprint density at radius 2 is 1.79 bits per heavy atom. The zero-order valence-corrected chi connectivity index (χ0v) is 11.4. The van der Waals surface area contributed by atoms with Crippen molar-refractivity contribution in [3.05, 3.63) is 76.9 Å². The molecule has 3 aromatic rings. The first-order chi connectivity index (χ1) is 9.24. The second kappa shape index (κ2) is 5.02. The Balaban J connectivity index is 2.04. The molecular formula is C17H14ClN. The van der Waals surface area contributed by atoms with Crippen LogP contribution in [0.5, 0.6) is 0 Å². The third-order valence-corrected chi connectivity index (χ3v) is 3.65. The van der Waals surface area contributed by atoms with E-state index in [1.165, 1.54) is 10.9 Å². The largest absolute Gasteiger partial charge is 0.252 e. The quantitative estimate of drug-likeness (QED) is 0.634. The van der Waals surface area contributed by atoms with E-state index in [-0.39, 0.29) is 5.92 Å². The summed E-state index contributed by atoms with van der Waals surface area (Å²) < 4.78 is 0. The highest BCUT2D eigenvalue weighted by molar-refractivity contribution is 6.30. The molecule has 1 atom stereocenters. The molecule has 1 nitrogen and oxygen atoms in total. The molecule has 0 amide bonds. The lowest BCUT2D eigenvalue weighted by Gasteiger charge is -2.12. The van der Waals surface area contributed by atoms with Gasteiger partial charge in [0.15, 0.2) is 0 Å². The second-order valence-electron chi connectivity index (χ2n) is 4.71. The standard InChI is InChI=1S/C17H14ClN/c1-12(14-6-4-7-15(18)11-14)16-10-9-13-5-2-3-8-17(13)19-16/h2-12H,1H3/t12-/m0/s1. The van der Waals surface area contributed by atoms with Gasteiger partial charge in [0.1, 0.15) is 0 Å². The number of nitrogens with zero attached hydrogens (tertiary/aromatic N) is 1. The number of rotatable bonds is 2. The zero-order chi connectivity index (χ0) is 13.2. The van der Waals surface area contributed by atoms with Crippen LogP contribution in [0, 0.1) is 0 Å². The number of para-hydroxylation sites is 1. The fraction of sp³-hybridized carbons (Fsp3) is 0.118. The van der Waals surface area contributed by atoms with Crippen LogP contribution in [0.4, 0.5) is 0 Å². The van der Waals surface area contributed by atoms with Crippen molar-refractivity contribution in [2.24, 2.45) is 0 Å². The first kappa shape index (κ1) is 12.2. The summed E-state index contributed by atoms with van der Waals surface area (Å²) in [5.74, 6) is 0.239. The predicted molar refractivity (Wildman–Crippen MR) is 80.7 cm³/mol. The van der Waals surface area contributed by atoms with Crippen molar-refractivity contribution in [3.63, 3.8) is 0 Å². The lowest BCUT2D eigenvalue weighted by Crippen LogP contribution is -1.99. The van der Waals surface area contributed by atoms with Gasteiger partial charge in [0.2, 0.25) is 0 Å². The maximum atomic E-state index is 6.05. The highest BCUT2D eigenvalue weighted by Crippen LogP contribution is 2.26. The first-order valence-corrected chi connectivity index (χ1v) is 6.73. The van der Waals surface area contributed by atoms with Crippen LogP contribution in [0.25, 0.3) is 10.9 Å². The Hall–Kier alpha value is -1.86. The van der Waals surface area contributed by atoms with Crippen molar-refractivity contribution >= 4 is 22.5 Å². The van der Waals surface area contributed by atoms with Crippen LogP contribution in [0.3, 0.4) is 0 Å². The Bertz CT molecular complexity index is 721. The normalized spacial score (nSPS) is 12.5. The van der Waals surface area contributed by atoms with Gasteiger partial charge in [-0.3, -0.25) is 4.98 Å². The molecule has 0 N–H and O–H groups in total. The van der Waals surface area contributed by atoms with Crippen LogP contribution in [-0.2, 0) is 0 Å². The van der Waals surface area contributed by atoms with Gasteiger partial charge in [0.05, 0.1) is 5.52 Å². The van der Waals surface area contributed by atoms with Gasteiger partial charge in [-0.2, -0.15) is 0 Å². The third kappa shape index (κ3) is 2.47. The van der Waals surface area contributed by atoms with E-state index in [4.69, 9.17) is 16.6 Å². The van der Waals surface area contributed by atoms with Gasteiger partial charge < -0.3 is 0 Å². The van der Waals surface area contributed by atoms with E-state index in [9.17, 15) is 0 Å². The molecule has 0 unspecified atom stereocenters. The molecule has 2 aromatic carbocycles. The predicted octanol–water partition coefficient (Wildman–Crippen LogP) is 5.04. The van der Waals surface area contributed by atoms with Gasteiger partial charge in [-0.1, -0.05) is 54.9 Å². The zero-order valence-electron chi connectivity index (χ0n) is 10.7. The summed E-state index contributed by atoms with van der Waals surface area (Å²) in [5.41, 5.74) is 3.30. The molecule has 0 bridgehead atoms. The van der Waals surface area contributed by atoms with Crippen molar-refractivity contribution in [2.45, 2.75) is 12.8 Å². The summed E-state index contributed by atoms with van der Waals surface area (Å²) in [6.07, 6.45) is 0. The lowest BCUT2D eigenvalue weighted by atomic mass is 9.97. The molecule has 94 valence electrons. The molecule has 0 saturated heterocycles. The number of benzene rings is 2. The van der Waals surface area contributed by atoms with E-state index in [0.717, 1.165) is 16.2 Å². The number of pyridine rings is 1. The minimum Gasteiger partial charge on any atom is -0.252 e. The van der Waals surface area contributed by atoms with Gasteiger partial charge in [0, 0.05) is 22.0 Å². The van der Waals surface area contributed by atoms with Gasteiger partial charge >= 0.3 is 0 Å². The highest BCUT2D eigenvalue weighted by atomic mass is 35.5. The summed E-state index contributed by atoms with van der Waals surface area (Å²) in [6, 6.07) is 20.4. The van der Waals surface area contributed by atoms with Crippen molar-refractivity contribution in [2.75, 3.05) is 0 Å². The molecule has 0 aliphatic rings. The van der Waals surface area contributed by atoms with E-state index in [1.54, 1.807) is 0 Å². The number of aromatic nitrogens is 1. The average Bonchev–Trinajstić information content (AvgIpc) is 2.46. The Morgan fingerprint density at radius 1 is 0.947 bits per heavy atom. The van der Waals surface area contributed by atoms with Crippen LogP contribution in [0.2, 0.25) is 5.02 Å². The van der Waals surface area contributed by atoms with E-state index < -0.39 is 0 Å². The minimum absolute atomic E-state index is 0.239. The van der Waals surface area contributed by atoms with Crippen LogP contribution < -0.4 is 0 Å². The van der Waals surface area contributed by atoms with Crippen molar-refractivity contribution in [1.29, 1.82) is 0 Å². The third-order valence-electron chi connectivity index (χ3n) is 3.41. The summed E-state index contributed by atoms with van der Waals surface area (Å²) in [5, 5.41) is 1.94. The Kier molecular flexibility index (Phi) is 3.22. The SMILES string of the molecule is C[C@@H](c1cccc(Cl)c1)c1ccc2ccccc2n1. The number of hydrogen-bond acceptors (Lipinski definition) is 1. The molecule has 1 heterocycles. The van der Waals surface area contributed by atoms with E-state index in [1.807, 2.05) is 36.4 Å². The number of fused-ring (bicyclic) bond motifs is 1. The lowest BCUT2D eigenvalue weighted by molar-refractivity contribution is 0.880. The maximum absolute atomic E-state index is 6.05. The molecule has 19 heavy (non-hydrogen) atoms. The molecule has 0 fully saturated rings. The second-order valence-corrected chi connectivity index (χ2v) is 5.14.